The van der Waals surface area contributed by atoms with E-state index < -0.39 is 0 Å². The molecule has 3 rings (SSSR count). The molecule has 0 aliphatic carbocycles. The van der Waals surface area contributed by atoms with E-state index in [4.69, 9.17) is 11.6 Å². The van der Waals surface area contributed by atoms with Crippen molar-refractivity contribution in [2.45, 2.75) is 26.3 Å². The van der Waals surface area contributed by atoms with Crippen LogP contribution in [0, 0.1) is 0 Å². The fourth-order valence-electron chi connectivity index (χ4n) is 2.72. The summed E-state index contributed by atoms with van der Waals surface area (Å²) in [5.41, 5.74) is 5.23. The first-order valence-corrected chi connectivity index (χ1v) is 8.66. The number of hydrogen-bond donors (Lipinski definition) is 1. The topological polar surface area (TPSA) is 46.4 Å². The summed E-state index contributed by atoms with van der Waals surface area (Å²) in [6, 6.07) is 15.3. The third kappa shape index (κ3) is 3.74. The first-order valence-electron chi connectivity index (χ1n) is 8.28. The molecule has 25 heavy (non-hydrogen) atoms. The Bertz CT molecular complexity index is 912. The lowest BCUT2D eigenvalue weighted by Crippen LogP contribution is -2.17. The summed E-state index contributed by atoms with van der Waals surface area (Å²) in [6.45, 7) is 4.36. The van der Waals surface area contributed by atoms with Gasteiger partial charge in [-0.05, 0) is 43.7 Å². The monoisotopic (exact) mass is 353 g/mol. The molecule has 1 aromatic heterocycles. The zero-order valence-electron chi connectivity index (χ0n) is 14.2. The van der Waals surface area contributed by atoms with E-state index in [0.29, 0.717) is 16.6 Å². The Kier molecular flexibility index (Phi) is 5.19. The van der Waals surface area contributed by atoms with Crippen LogP contribution in [0.5, 0.6) is 0 Å². The van der Waals surface area contributed by atoms with Crippen LogP contribution < -0.4 is 5.43 Å². The molecule has 0 fully saturated rings. The predicted octanol–water partition coefficient (Wildman–Crippen LogP) is 5.03. The summed E-state index contributed by atoms with van der Waals surface area (Å²) >= 11 is 5.83. The van der Waals surface area contributed by atoms with Crippen LogP contribution in [0.4, 0.5) is 0 Å². The number of carbonyl (C=O) groups excluding carboxylic acids is 1. The molecule has 0 saturated heterocycles. The average Bonchev–Trinajstić information content (AvgIpc) is 3.00. The lowest BCUT2D eigenvalue weighted by Gasteiger charge is -2.12. The minimum Gasteiger partial charge on any atom is -0.344 e. The highest BCUT2D eigenvalue weighted by molar-refractivity contribution is 6.30. The second-order valence-electron chi connectivity index (χ2n) is 5.97. The summed E-state index contributed by atoms with van der Waals surface area (Å²) in [5, 5.41) is 5.83. The molecule has 1 heterocycles. The smallest absolute Gasteiger partial charge is 0.271 e. The van der Waals surface area contributed by atoms with Gasteiger partial charge in [-0.3, -0.25) is 4.79 Å². The summed E-state index contributed by atoms with van der Waals surface area (Å²) < 4.78 is 2.25. The van der Waals surface area contributed by atoms with Crippen LogP contribution in [-0.4, -0.2) is 16.7 Å². The van der Waals surface area contributed by atoms with Gasteiger partial charge in [0.15, 0.2) is 0 Å². The van der Waals surface area contributed by atoms with Crippen LogP contribution in [0.1, 0.15) is 42.2 Å². The summed E-state index contributed by atoms with van der Waals surface area (Å²) in [7, 11) is 0. The summed E-state index contributed by atoms with van der Waals surface area (Å²) in [4.78, 5) is 12.1. The molecule has 4 nitrogen and oxygen atoms in total. The Balaban J connectivity index is 1.81. The molecule has 0 unspecified atom stereocenters. The van der Waals surface area contributed by atoms with Gasteiger partial charge in [-0.1, -0.05) is 36.7 Å². The molecular weight excluding hydrogens is 334 g/mol. The minimum atomic E-state index is -0.265. The van der Waals surface area contributed by atoms with Crippen molar-refractivity contribution in [2.24, 2.45) is 5.10 Å². The lowest BCUT2D eigenvalue weighted by atomic mass is 10.2. The van der Waals surface area contributed by atoms with Gasteiger partial charge >= 0.3 is 0 Å². The van der Waals surface area contributed by atoms with Crippen molar-refractivity contribution in [2.75, 3.05) is 0 Å². The molecule has 0 bridgehead atoms. The summed E-state index contributed by atoms with van der Waals surface area (Å²) in [6.07, 6.45) is 4.81. The van der Waals surface area contributed by atoms with E-state index in [1.54, 1.807) is 30.5 Å². The molecule has 2 aromatic carbocycles. The van der Waals surface area contributed by atoms with Gasteiger partial charge in [-0.25, -0.2) is 5.43 Å². The van der Waals surface area contributed by atoms with Crippen molar-refractivity contribution in [3.63, 3.8) is 0 Å². The number of fused-ring (bicyclic) bond motifs is 1. The number of nitrogens with zero attached hydrogens (tertiary/aromatic N) is 2. The minimum absolute atomic E-state index is 0.265. The molecule has 128 valence electrons. The number of para-hydroxylation sites is 1. The van der Waals surface area contributed by atoms with Crippen LogP contribution in [-0.2, 0) is 0 Å². The van der Waals surface area contributed by atoms with E-state index in [-0.39, 0.29) is 5.91 Å². The number of benzene rings is 2. The maximum atomic E-state index is 12.1. The molecule has 0 saturated carbocycles. The molecule has 3 aromatic rings. The van der Waals surface area contributed by atoms with Gasteiger partial charge in [0.05, 0.1) is 6.21 Å². The van der Waals surface area contributed by atoms with Crippen molar-refractivity contribution in [3.8, 4) is 0 Å². The van der Waals surface area contributed by atoms with E-state index >= 15 is 0 Å². The van der Waals surface area contributed by atoms with Gasteiger partial charge < -0.3 is 4.57 Å². The molecule has 5 heteroatoms. The average molecular weight is 354 g/mol. The normalized spacial score (nSPS) is 12.6. The van der Waals surface area contributed by atoms with E-state index in [1.807, 2.05) is 12.1 Å². The van der Waals surface area contributed by atoms with Gasteiger partial charge in [0, 0.05) is 39.3 Å². The Morgan fingerprint density at radius 2 is 1.96 bits per heavy atom. The Morgan fingerprint density at radius 3 is 2.68 bits per heavy atom. The first-order chi connectivity index (χ1) is 12.1. The van der Waals surface area contributed by atoms with Crippen molar-refractivity contribution < 1.29 is 4.79 Å². The quantitative estimate of drug-likeness (QED) is 0.507. The lowest BCUT2D eigenvalue weighted by molar-refractivity contribution is 0.0955. The summed E-state index contributed by atoms with van der Waals surface area (Å²) in [5.74, 6) is -0.265. The van der Waals surface area contributed by atoms with Gasteiger partial charge in [-0.15, -0.1) is 0 Å². The van der Waals surface area contributed by atoms with E-state index in [9.17, 15) is 4.79 Å². The van der Waals surface area contributed by atoms with Crippen molar-refractivity contribution in [1.82, 2.24) is 9.99 Å². The van der Waals surface area contributed by atoms with E-state index in [1.165, 1.54) is 5.52 Å². The van der Waals surface area contributed by atoms with Crippen LogP contribution in [0.25, 0.3) is 10.9 Å². The molecule has 0 aliphatic rings. The van der Waals surface area contributed by atoms with Crippen molar-refractivity contribution >= 4 is 34.6 Å². The number of hydrazone groups is 1. The fourth-order valence-corrected chi connectivity index (χ4v) is 2.85. The number of hydrogen-bond acceptors (Lipinski definition) is 2. The van der Waals surface area contributed by atoms with Gasteiger partial charge in [0.1, 0.15) is 0 Å². The highest BCUT2D eigenvalue weighted by Crippen LogP contribution is 2.24. The molecule has 0 spiro atoms. The Morgan fingerprint density at radius 1 is 1.24 bits per heavy atom. The van der Waals surface area contributed by atoms with Crippen LogP contribution in [0.2, 0.25) is 5.02 Å². The largest absolute Gasteiger partial charge is 0.344 e. The van der Waals surface area contributed by atoms with E-state index in [0.717, 1.165) is 17.4 Å². The van der Waals surface area contributed by atoms with E-state index in [2.05, 4.69) is 47.3 Å². The number of aromatic nitrogens is 1. The molecular formula is C20H20ClN3O. The number of rotatable bonds is 5. The SMILES string of the molecule is CC[C@H](C)n1cc(/C=N\NC(=O)c2ccc(Cl)cc2)c2ccccc21. The van der Waals surface area contributed by atoms with Crippen LogP contribution in [0.3, 0.4) is 0 Å². The zero-order valence-corrected chi connectivity index (χ0v) is 15.0. The third-order valence-electron chi connectivity index (χ3n) is 4.31. The molecule has 1 N–H and O–H groups in total. The predicted molar refractivity (Wildman–Crippen MR) is 103 cm³/mol. The van der Waals surface area contributed by atoms with Gasteiger partial charge in [0.25, 0.3) is 5.91 Å². The highest BCUT2D eigenvalue weighted by atomic mass is 35.5. The number of amides is 1. The number of carbonyl (C=O) groups is 1. The third-order valence-corrected chi connectivity index (χ3v) is 4.57. The molecule has 1 amide bonds. The van der Waals surface area contributed by atoms with Gasteiger partial charge in [0.2, 0.25) is 0 Å². The second kappa shape index (κ2) is 7.53. The Hall–Kier alpha value is -2.59. The number of nitrogens with one attached hydrogen (secondary N) is 1. The van der Waals surface area contributed by atoms with Gasteiger partial charge in [-0.2, -0.15) is 5.10 Å². The maximum absolute atomic E-state index is 12.1. The fraction of sp³-hybridized carbons (Fsp3) is 0.200. The standard InChI is InChI=1S/C20H20ClN3O/c1-3-14(2)24-13-16(18-6-4-5-7-19(18)24)12-22-23-20(25)15-8-10-17(21)11-9-15/h4-14H,3H2,1-2H3,(H,23,25)/b22-12-/t14-/m0/s1. The molecule has 0 radical (unpaired) electrons. The number of halogens is 1. The Labute approximate surface area is 152 Å². The highest BCUT2D eigenvalue weighted by Gasteiger charge is 2.10. The van der Waals surface area contributed by atoms with Crippen molar-refractivity contribution in [3.05, 3.63) is 70.9 Å². The first kappa shape index (κ1) is 17.2. The zero-order chi connectivity index (χ0) is 17.8. The molecule has 1 atom stereocenters. The van der Waals surface area contributed by atoms with Crippen LogP contribution >= 0.6 is 11.6 Å². The second-order valence-corrected chi connectivity index (χ2v) is 6.41. The molecule has 0 aliphatic heterocycles. The van der Waals surface area contributed by atoms with Crippen molar-refractivity contribution in [1.29, 1.82) is 0 Å². The van der Waals surface area contributed by atoms with Crippen LogP contribution in [0.15, 0.2) is 59.8 Å². The maximum Gasteiger partial charge on any atom is 0.271 e.